The molecular weight excluding hydrogens is 372 g/mol. The molecule has 0 amide bonds. The Kier molecular flexibility index (Phi) is 5.32. The minimum atomic E-state index is -5.93. The summed E-state index contributed by atoms with van der Waals surface area (Å²) >= 11 is 0. The summed E-state index contributed by atoms with van der Waals surface area (Å²) in [6, 6.07) is 5.67. The van der Waals surface area contributed by atoms with Crippen molar-refractivity contribution in [1.82, 2.24) is 0 Å². The van der Waals surface area contributed by atoms with Gasteiger partial charge in [0, 0.05) is 11.1 Å². The van der Waals surface area contributed by atoms with E-state index in [0.29, 0.717) is 29.8 Å². The number of hydrogen-bond acceptors (Lipinski definition) is 1. The van der Waals surface area contributed by atoms with Crippen LogP contribution in [0.5, 0.6) is 0 Å². The Labute approximate surface area is 143 Å². The smallest absolute Gasteiger partial charge is 0.349 e. The Hall–Kier alpha value is -2.16. The van der Waals surface area contributed by atoms with Crippen LogP contribution in [0.3, 0.4) is 0 Å². The fourth-order valence-corrected chi connectivity index (χ4v) is 2.37. The average molecular weight is 384 g/mol. The number of aryl methyl sites for hydroxylation is 1. The minimum absolute atomic E-state index is 0.423. The largest absolute Gasteiger partial charge is 0.430 e. The molecule has 0 radical (unpaired) electrons. The normalized spacial score (nSPS) is 13.1. The molecule has 0 atom stereocenters. The second-order valence-electron chi connectivity index (χ2n) is 5.53. The summed E-state index contributed by atoms with van der Waals surface area (Å²) in [5.41, 5.74) is -6.58. The van der Waals surface area contributed by atoms with Crippen molar-refractivity contribution < 1.29 is 39.9 Å². The average Bonchev–Trinajstić information content (AvgIpc) is 2.49. The molecule has 0 aliphatic heterocycles. The van der Waals surface area contributed by atoms with Gasteiger partial charge in [0.1, 0.15) is 11.6 Å². The van der Waals surface area contributed by atoms with Gasteiger partial charge in [0.05, 0.1) is 6.61 Å². The van der Waals surface area contributed by atoms with Gasteiger partial charge in [0.25, 0.3) is 5.60 Å². The number of rotatable bonds is 4. The van der Waals surface area contributed by atoms with Gasteiger partial charge >= 0.3 is 12.4 Å². The van der Waals surface area contributed by atoms with Crippen LogP contribution in [0.4, 0.5) is 35.1 Å². The van der Waals surface area contributed by atoms with Crippen LogP contribution in [0, 0.1) is 18.6 Å². The zero-order valence-electron chi connectivity index (χ0n) is 13.2. The van der Waals surface area contributed by atoms with Gasteiger partial charge in [-0.3, -0.25) is 0 Å². The molecule has 0 aliphatic carbocycles. The van der Waals surface area contributed by atoms with Crippen LogP contribution < -0.4 is 0 Å². The van der Waals surface area contributed by atoms with Gasteiger partial charge in [-0.1, -0.05) is 35.9 Å². The lowest BCUT2D eigenvalue weighted by Crippen LogP contribution is -2.55. The Morgan fingerprint density at radius 2 is 1.23 bits per heavy atom. The van der Waals surface area contributed by atoms with Crippen LogP contribution in [0.1, 0.15) is 16.7 Å². The lowest BCUT2D eigenvalue weighted by Gasteiger charge is -2.37. The summed E-state index contributed by atoms with van der Waals surface area (Å²) in [4.78, 5) is 0. The highest BCUT2D eigenvalue weighted by atomic mass is 19.4. The van der Waals surface area contributed by atoms with E-state index in [9.17, 15) is 35.1 Å². The summed E-state index contributed by atoms with van der Waals surface area (Å²) in [5, 5.41) is 0. The van der Waals surface area contributed by atoms with Crippen molar-refractivity contribution in [2.75, 3.05) is 0 Å². The SMILES string of the molecule is Cc1ccc(C(OCc2c(F)cccc2F)(C(F)(F)F)C(F)(F)F)cc1. The summed E-state index contributed by atoms with van der Waals surface area (Å²) in [6.07, 6.45) is -11.9. The first-order chi connectivity index (χ1) is 11.9. The molecule has 2 aromatic carbocycles. The van der Waals surface area contributed by atoms with Gasteiger partial charge in [0.15, 0.2) is 0 Å². The lowest BCUT2D eigenvalue weighted by molar-refractivity contribution is -0.392. The molecule has 2 aromatic rings. The molecule has 26 heavy (non-hydrogen) atoms. The molecule has 1 nitrogen and oxygen atoms in total. The zero-order chi connectivity index (χ0) is 19.8. The first-order valence-corrected chi connectivity index (χ1v) is 7.17. The third-order valence-electron chi connectivity index (χ3n) is 3.75. The molecule has 0 spiro atoms. The summed E-state index contributed by atoms with van der Waals surface area (Å²) in [6.45, 7) is -0.0897. The monoisotopic (exact) mass is 384 g/mol. The van der Waals surface area contributed by atoms with E-state index in [0.717, 1.165) is 18.2 Å². The Morgan fingerprint density at radius 3 is 1.65 bits per heavy atom. The van der Waals surface area contributed by atoms with Crippen molar-refractivity contribution >= 4 is 0 Å². The van der Waals surface area contributed by atoms with Crippen molar-refractivity contribution in [1.29, 1.82) is 0 Å². The summed E-state index contributed by atoms with van der Waals surface area (Å²) < 4.78 is 113. The molecule has 2 rings (SSSR count). The van der Waals surface area contributed by atoms with Crippen LogP contribution in [0.15, 0.2) is 42.5 Å². The van der Waals surface area contributed by atoms with Crippen molar-refractivity contribution in [2.24, 2.45) is 0 Å². The van der Waals surface area contributed by atoms with E-state index in [1.807, 2.05) is 0 Å². The lowest BCUT2D eigenvalue weighted by atomic mass is 9.91. The van der Waals surface area contributed by atoms with E-state index in [4.69, 9.17) is 0 Å². The second-order valence-corrected chi connectivity index (χ2v) is 5.53. The van der Waals surface area contributed by atoms with Gasteiger partial charge in [-0.2, -0.15) is 26.3 Å². The molecule has 9 heteroatoms. The Morgan fingerprint density at radius 1 is 0.769 bits per heavy atom. The standard InChI is InChI=1S/C17H12F8O/c1-10-5-7-11(8-6-10)15(16(20,21)22,17(23,24)25)26-9-12-13(18)3-2-4-14(12)19/h2-8H,9H2,1H3. The van der Waals surface area contributed by atoms with Gasteiger partial charge < -0.3 is 4.74 Å². The molecule has 0 fully saturated rings. The molecule has 0 N–H and O–H groups in total. The molecule has 0 bridgehead atoms. The van der Waals surface area contributed by atoms with Crippen LogP contribution in [-0.4, -0.2) is 12.4 Å². The second kappa shape index (κ2) is 6.86. The summed E-state index contributed by atoms with van der Waals surface area (Å²) in [7, 11) is 0. The molecule has 0 aliphatic rings. The maximum atomic E-state index is 13.6. The Balaban J connectivity index is 2.58. The van der Waals surface area contributed by atoms with E-state index in [1.54, 1.807) is 0 Å². The highest BCUT2D eigenvalue weighted by molar-refractivity contribution is 5.30. The number of alkyl halides is 6. The van der Waals surface area contributed by atoms with Crippen molar-refractivity contribution in [3.05, 3.63) is 70.8 Å². The van der Waals surface area contributed by atoms with Gasteiger partial charge in [-0.25, -0.2) is 8.78 Å². The molecule has 142 valence electrons. The number of ether oxygens (including phenoxy) is 1. The zero-order valence-corrected chi connectivity index (χ0v) is 13.2. The quantitative estimate of drug-likeness (QED) is 0.605. The Bertz CT molecular complexity index is 728. The third-order valence-corrected chi connectivity index (χ3v) is 3.75. The first-order valence-electron chi connectivity index (χ1n) is 7.17. The molecule has 0 saturated heterocycles. The van der Waals surface area contributed by atoms with E-state index >= 15 is 0 Å². The first kappa shape index (κ1) is 20.2. The summed E-state index contributed by atoms with van der Waals surface area (Å²) in [5.74, 6) is -2.63. The third kappa shape index (κ3) is 3.53. The minimum Gasteiger partial charge on any atom is -0.349 e. The van der Waals surface area contributed by atoms with E-state index in [1.165, 1.54) is 6.92 Å². The highest BCUT2D eigenvalue weighted by Gasteiger charge is 2.73. The van der Waals surface area contributed by atoms with E-state index in [-0.39, 0.29) is 0 Å². The van der Waals surface area contributed by atoms with Crippen molar-refractivity contribution in [3.63, 3.8) is 0 Å². The number of hydrogen-bond donors (Lipinski definition) is 0. The molecule has 0 saturated carbocycles. The maximum Gasteiger partial charge on any atom is 0.430 e. The fraction of sp³-hybridized carbons (Fsp3) is 0.294. The predicted octanol–water partition coefficient (Wildman–Crippen LogP) is 5.81. The van der Waals surface area contributed by atoms with E-state index < -0.39 is 47.3 Å². The fourth-order valence-electron chi connectivity index (χ4n) is 2.37. The number of halogens is 8. The molecule has 0 unspecified atom stereocenters. The van der Waals surface area contributed by atoms with Gasteiger partial charge in [-0.05, 0) is 19.1 Å². The number of benzene rings is 2. The van der Waals surface area contributed by atoms with Crippen LogP contribution >= 0.6 is 0 Å². The highest BCUT2D eigenvalue weighted by Crippen LogP contribution is 2.53. The molecule has 0 aromatic heterocycles. The maximum absolute atomic E-state index is 13.6. The van der Waals surface area contributed by atoms with Gasteiger partial charge in [0.2, 0.25) is 0 Å². The van der Waals surface area contributed by atoms with Gasteiger partial charge in [-0.15, -0.1) is 0 Å². The molecule has 0 heterocycles. The van der Waals surface area contributed by atoms with Crippen molar-refractivity contribution in [2.45, 2.75) is 31.5 Å². The predicted molar refractivity (Wildman–Crippen MR) is 76.1 cm³/mol. The van der Waals surface area contributed by atoms with Crippen LogP contribution in [-0.2, 0) is 16.9 Å². The van der Waals surface area contributed by atoms with Crippen LogP contribution in [0.2, 0.25) is 0 Å². The van der Waals surface area contributed by atoms with Crippen molar-refractivity contribution in [3.8, 4) is 0 Å². The van der Waals surface area contributed by atoms with E-state index in [2.05, 4.69) is 4.74 Å². The molecular formula is C17H12F8O. The topological polar surface area (TPSA) is 9.23 Å². The van der Waals surface area contributed by atoms with Crippen LogP contribution in [0.25, 0.3) is 0 Å².